The molecule has 4 nitrogen and oxygen atoms in total. The number of carbonyl (C=O) groups excluding carboxylic acids is 1. The fourth-order valence-corrected chi connectivity index (χ4v) is 3.85. The second-order valence-electron chi connectivity index (χ2n) is 6.33. The molecule has 1 aliphatic rings. The van der Waals surface area contributed by atoms with Gasteiger partial charge in [-0.05, 0) is 36.5 Å². The van der Waals surface area contributed by atoms with Crippen LogP contribution in [0.15, 0.2) is 35.6 Å². The molecule has 128 valence electrons. The quantitative estimate of drug-likeness (QED) is 0.768. The largest absolute Gasteiger partial charge is 0.352 e. The molecule has 6 heteroatoms. The van der Waals surface area contributed by atoms with E-state index in [0.717, 1.165) is 22.8 Å². The number of carbonyl (C=O) groups is 1. The molecule has 0 spiro atoms. The van der Waals surface area contributed by atoms with Crippen LogP contribution in [0.3, 0.4) is 0 Å². The van der Waals surface area contributed by atoms with Gasteiger partial charge in [-0.3, -0.25) is 4.79 Å². The van der Waals surface area contributed by atoms with E-state index < -0.39 is 0 Å². The van der Waals surface area contributed by atoms with Gasteiger partial charge in [-0.1, -0.05) is 55.3 Å². The fraction of sp³-hybridized carbons (Fsp3) is 0.444. The van der Waals surface area contributed by atoms with E-state index in [1.54, 1.807) is 6.20 Å². The summed E-state index contributed by atoms with van der Waals surface area (Å²) < 4.78 is 0. The molecule has 1 amide bonds. The van der Waals surface area contributed by atoms with Gasteiger partial charge in [0, 0.05) is 11.1 Å². The molecule has 1 aliphatic carbocycles. The van der Waals surface area contributed by atoms with E-state index in [-0.39, 0.29) is 5.91 Å². The summed E-state index contributed by atoms with van der Waals surface area (Å²) >= 11 is 7.34. The van der Waals surface area contributed by atoms with Crippen LogP contribution in [0.4, 0.5) is 0 Å². The topological polar surface area (TPSA) is 57.8 Å². The number of H-pyrrole nitrogens is 1. The summed E-state index contributed by atoms with van der Waals surface area (Å²) in [6.07, 6.45) is 6.58. The van der Waals surface area contributed by atoms with Crippen LogP contribution in [-0.2, 0) is 4.79 Å². The maximum absolute atomic E-state index is 12.2. The molecule has 1 fully saturated rings. The van der Waals surface area contributed by atoms with Gasteiger partial charge in [0.15, 0.2) is 5.16 Å². The van der Waals surface area contributed by atoms with Crippen LogP contribution < -0.4 is 5.32 Å². The minimum absolute atomic E-state index is 0.0863. The van der Waals surface area contributed by atoms with Gasteiger partial charge >= 0.3 is 0 Å². The molecule has 2 atom stereocenters. The van der Waals surface area contributed by atoms with E-state index in [2.05, 4.69) is 22.2 Å². The molecule has 1 heterocycles. The molecule has 1 aromatic heterocycles. The number of hydrogen-bond donors (Lipinski definition) is 2. The zero-order valence-corrected chi connectivity index (χ0v) is 15.3. The third kappa shape index (κ3) is 4.54. The van der Waals surface area contributed by atoms with Crippen molar-refractivity contribution in [1.82, 2.24) is 15.3 Å². The van der Waals surface area contributed by atoms with Crippen molar-refractivity contribution in [3.63, 3.8) is 0 Å². The monoisotopic (exact) mass is 363 g/mol. The molecule has 24 heavy (non-hydrogen) atoms. The smallest absolute Gasteiger partial charge is 0.230 e. The Bertz CT molecular complexity index is 686. The highest BCUT2D eigenvalue weighted by molar-refractivity contribution is 7.99. The van der Waals surface area contributed by atoms with E-state index in [0.29, 0.717) is 22.7 Å². The maximum atomic E-state index is 12.2. The molecule has 0 bridgehead atoms. The Hall–Kier alpha value is -1.46. The van der Waals surface area contributed by atoms with Crippen molar-refractivity contribution < 1.29 is 4.79 Å². The summed E-state index contributed by atoms with van der Waals surface area (Å²) in [7, 11) is 0. The van der Waals surface area contributed by atoms with Gasteiger partial charge in [0.25, 0.3) is 0 Å². The fourth-order valence-electron chi connectivity index (χ4n) is 3.07. The first-order chi connectivity index (χ1) is 11.6. The molecule has 1 saturated carbocycles. The number of nitrogens with one attached hydrogen (secondary N) is 2. The predicted octanol–water partition coefficient (Wildman–Crippen LogP) is 4.52. The van der Waals surface area contributed by atoms with Crippen LogP contribution in [0, 0.1) is 5.92 Å². The van der Waals surface area contributed by atoms with Crippen LogP contribution in [0.1, 0.15) is 32.6 Å². The third-order valence-corrected chi connectivity index (χ3v) is 5.64. The summed E-state index contributed by atoms with van der Waals surface area (Å²) in [6.45, 7) is 2.22. The molecule has 2 N–H and O–H groups in total. The number of thioether (sulfide) groups is 1. The van der Waals surface area contributed by atoms with Crippen molar-refractivity contribution in [1.29, 1.82) is 0 Å². The van der Waals surface area contributed by atoms with Crippen LogP contribution in [-0.4, -0.2) is 27.7 Å². The van der Waals surface area contributed by atoms with E-state index in [9.17, 15) is 4.79 Å². The highest BCUT2D eigenvalue weighted by Crippen LogP contribution is 2.25. The number of amides is 1. The van der Waals surface area contributed by atoms with Crippen molar-refractivity contribution in [2.24, 2.45) is 5.92 Å². The van der Waals surface area contributed by atoms with Gasteiger partial charge in [0.05, 0.1) is 17.6 Å². The Labute approximate surface area is 151 Å². The number of aromatic nitrogens is 2. The summed E-state index contributed by atoms with van der Waals surface area (Å²) in [5.74, 6) is 1.05. The van der Waals surface area contributed by atoms with Crippen molar-refractivity contribution in [2.75, 3.05) is 5.75 Å². The van der Waals surface area contributed by atoms with E-state index >= 15 is 0 Å². The van der Waals surface area contributed by atoms with Crippen molar-refractivity contribution in [3.8, 4) is 11.3 Å². The Morgan fingerprint density at radius 1 is 1.33 bits per heavy atom. The van der Waals surface area contributed by atoms with Gasteiger partial charge in [0.2, 0.25) is 5.91 Å². The molecular weight excluding hydrogens is 342 g/mol. The highest BCUT2D eigenvalue weighted by Gasteiger charge is 2.22. The number of hydrogen-bond acceptors (Lipinski definition) is 3. The molecule has 0 aliphatic heterocycles. The average molecular weight is 364 g/mol. The molecule has 0 saturated heterocycles. The van der Waals surface area contributed by atoms with Gasteiger partial charge in [0.1, 0.15) is 0 Å². The van der Waals surface area contributed by atoms with Crippen molar-refractivity contribution >= 4 is 29.3 Å². The second kappa shape index (κ2) is 8.08. The number of imidazole rings is 1. The number of aromatic amines is 1. The Balaban J connectivity index is 1.51. The molecule has 3 rings (SSSR count). The van der Waals surface area contributed by atoms with Crippen LogP contribution in [0.25, 0.3) is 11.3 Å². The number of nitrogens with zero attached hydrogens (tertiary/aromatic N) is 1. The molecule has 0 radical (unpaired) electrons. The van der Waals surface area contributed by atoms with Crippen molar-refractivity contribution in [2.45, 2.75) is 43.8 Å². The second-order valence-corrected chi connectivity index (χ2v) is 7.73. The van der Waals surface area contributed by atoms with E-state index in [1.807, 2.05) is 24.3 Å². The lowest BCUT2D eigenvalue weighted by atomic mass is 9.86. The molecule has 2 aromatic rings. The van der Waals surface area contributed by atoms with Gasteiger partial charge in [-0.15, -0.1) is 0 Å². The zero-order valence-electron chi connectivity index (χ0n) is 13.7. The minimum Gasteiger partial charge on any atom is -0.352 e. The van der Waals surface area contributed by atoms with Crippen LogP contribution in [0.5, 0.6) is 0 Å². The lowest BCUT2D eigenvalue weighted by molar-refractivity contribution is -0.119. The van der Waals surface area contributed by atoms with Gasteiger partial charge < -0.3 is 10.3 Å². The van der Waals surface area contributed by atoms with Gasteiger partial charge in [-0.25, -0.2) is 4.98 Å². The molecule has 2 unspecified atom stereocenters. The highest BCUT2D eigenvalue weighted by atomic mass is 35.5. The summed E-state index contributed by atoms with van der Waals surface area (Å²) in [6, 6.07) is 7.92. The summed E-state index contributed by atoms with van der Waals surface area (Å²) in [5, 5.41) is 4.63. The minimum atomic E-state index is 0.0863. The van der Waals surface area contributed by atoms with Gasteiger partial charge in [-0.2, -0.15) is 0 Å². The molecule has 1 aromatic carbocycles. The number of rotatable bonds is 5. The Morgan fingerprint density at radius 3 is 2.83 bits per heavy atom. The Kier molecular flexibility index (Phi) is 5.85. The third-order valence-electron chi connectivity index (χ3n) is 4.51. The lowest BCUT2D eigenvalue weighted by Gasteiger charge is -2.29. The number of benzene rings is 1. The lowest BCUT2D eigenvalue weighted by Crippen LogP contribution is -2.41. The maximum Gasteiger partial charge on any atom is 0.230 e. The summed E-state index contributed by atoms with van der Waals surface area (Å²) in [4.78, 5) is 19.7. The first-order valence-electron chi connectivity index (χ1n) is 8.35. The molecular formula is C18H22ClN3OS. The van der Waals surface area contributed by atoms with Crippen molar-refractivity contribution in [3.05, 3.63) is 35.5 Å². The van der Waals surface area contributed by atoms with Crippen LogP contribution in [0.2, 0.25) is 5.02 Å². The average Bonchev–Trinajstić information content (AvgIpc) is 3.05. The summed E-state index contributed by atoms with van der Waals surface area (Å²) in [5.41, 5.74) is 1.95. The van der Waals surface area contributed by atoms with E-state index in [1.165, 1.54) is 31.0 Å². The first-order valence-corrected chi connectivity index (χ1v) is 9.71. The predicted molar refractivity (Wildman–Crippen MR) is 99.3 cm³/mol. The SMILES string of the molecule is CC1CCCCC1NC(=O)CSc1ncc(-c2ccc(Cl)cc2)[nH]1. The zero-order chi connectivity index (χ0) is 16.9. The normalized spacial score (nSPS) is 20.8. The Morgan fingerprint density at radius 2 is 2.08 bits per heavy atom. The van der Waals surface area contributed by atoms with Crippen LogP contribution >= 0.6 is 23.4 Å². The van der Waals surface area contributed by atoms with E-state index in [4.69, 9.17) is 11.6 Å². The first kappa shape index (κ1) is 17.4. The number of halogens is 1. The standard InChI is InChI=1S/C18H22ClN3OS/c1-12-4-2-3-5-15(12)21-17(23)11-24-18-20-10-16(22-18)13-6-8-14(19)9-7-13/h6-10,12,15H,2-5,11H2,1H3,(H,20,22)(H,21,23).